The maximum atomic E-state index is 6.14. The van der Waals surface area contributed by atoms with E-state index in [1.807, 2.05) is 17.7 Å². The van der Waals surface area contributed by atoms with Crippen molar-refractivity contribution < 1.29 is 0 Å². The Morgan fingerprint density at radius 1 is 1.47 bits per heavy atom. The molecular formula is C11H12Cl2N4. The van der Waals surface area contributed by atoms with E-state index in [4.69, 9.17) is 28.9 Å². The van der Waals surface area contributed by atoms with Gasteiger partial charge < -0.3 is 5.73 Å². The minimum atomic E-state index is -0.401. The molecule has 2 N–H and O–H groups in total. The van der Waals surface area contributed by atoms with Crippen molar-refractivity contribution in [3.8, 4) is 0 Å². The van der Waals surface area contributed by atoms with Gasteiger partial charge in [-0.3, -0.25) is 9.67 Å². The standard InChI is InChI=1S/C11H12Cl2N4/c1-2-17-9(3-4-16-17)10(14)11-8(13)5-7(12)6-15-11/h3-6,10H,2,14H2,1H3. The third kappa shape index (κ3) is 2.44. The minimum Gasteiger partial charge on any atom is -0.318 e. The van der Waals surface area contributed by atoms with Crippen molar-refractivity contribution in [1.29, 1.82) is 0 Å². The van der Waals surface area contributed by atoms with E-state index in [-0.39, 0.29) is 0 Å². The Morgan fingerprint density at radius 2 is 2.24 bits per heavy atom. The Balaban J connectivity index is 2.40. The zero-order valence-electron chi connectivity index (χ0n) is 9.27. The molecule has 0 radical (unpaired) electrons. The van der Waals surface area contributed by atoms with E-state index in [1.54, 1.807) is 12.3 Å². The average molecular weight is 271 g/mol. The third-order valence-corrected chi connectivity index (χ3v) is 3.01. The molecule has 1 unspecified atom stereocenters. The zero-order valence-corrected chi connectivity index (χ0v) is 10.8. The fraction of sp³-hybridized carbons (Fsp3) is 0.273. The van der Waals surface area contributed by atoms with Crippen molar-refractivity contribution in [3.05, 3.63) is 46.0 Å². The number of hydrogen-bond donors (Lipinski definition) is 1. The van der Waals surface area contributed by atoms with Crippen LogP contribution in [0, 0.1) is 0 Å². The van der Waals surface area contributed by atoms with Gasteiger partial charge in [-0.05, 0) is 19.1 Å². The summed E-state index contributed by atoms with van der Waals surface area (Å²) in [6.45, 7) is 2.75. The van der Waals surface area contributed by atoms with Crippen LogP contribution >= 0.6 is 23.2 Å². The van der Waals surface area contributed by atoms with E-state index in [0.717, 1.165) is 12.2 Å². The molecule has 0 aromatic carbocycles. The number of nitrogens with two attached hydrogens (primary N) is 1. The monoisotopic (exact) mass is 270 g/mol. The van der Waals surface area contributed by atoms with Crippen LogP contribution in [0.25, 0.3) is 0 Å². The number of hydrogen-bond acceptors (Lipinski definition) is 3. The Hall–Kier alpha value is -1.10. The second kappa shape index (κ2) is 5.04. The lowest BCUT2D eigenvalue weighted by atomic mass is 10.1. The smallest absolute Gasteiger partial charge is 0.0912 e. The summed E-state index contributed by atoms with van der Waals surface area (Å²) in [6.07, 6.45) is 3.25. The van der Waals surface area contributed by atoms with Crippen LogP contribution in [-0.2, 0) is 6.54 Å². The van der Waals surface area contributed by atoms with Gasteiger partial charge in [-0.15, -0.1) is 0 Å². The summed E-state index contributed by atoms with van der Waals surface area (Å²) in [7, 11) is 0. The molecule has 2 aromatic heterocycles. The van der Waals surface area contributed by atoms with Crippen molar-refractivity contribution in [2.45, 2.75) is 19.5 Å². The van der Waals surface area contributed by atoms with Gasteiger partial charge >= 0.3 is 0 Å². The lowest BCUT2D eigenvalue weighted by Gasteiger charge is -2.14. The molecule has 0 spiro atoms. The molecule has 0 aliphatic rings. The predicted octanol–water partition coefficient (Wildman–Crippen LogP) is 2.65. The highest BCUT2D eigenvalue weighted by Crippen LogP contribution is 2.26. The van der Waals surface area contributed by atoms with Crippen LogP contribution in [0.4, 0.5) is 0 Å². The lowest BCUT2D eigenvalue weighted by Crippen LogP contribution is -2.18. The number of halogens is 2. The highest BCUT2D eigenvalue weighted by Gasteiger charge is 2.17. The average Bonchev–Trinajstić information content (AvgIpc) is 2.76. The summed E-state index contributed by atoms with van der Waals surface area (Å²) in [5.74, 6) is 0. The van der Waals surface area contributed by atoms with Crippen molar-refractivity contribution in [3.63, 3.8) is 0 Å². The van der Waals surface area contributed by atoms with Gasteiger partial charge in [0.2, 0.25) is 0 Å². The first-order valence-electron chi connectivity index (χ1n) is 5.21. The normalized spacial score (nSPS) is 12.7. The van der Waals surface area contributed by atoms with Crippen LogP contribution in [0.1, 0.15) is 24.4 Å². The van der Waals surface area contributed by atoms with Crippen LogP contribution in [0.15, 0.2) is 24.5 Å². The Morgan fingerprint density at radius 3 is 2.88 bits per heavy atom. The van der Waals surface area contributed by atoms with Gasteiger partial charge in [0.05, 0.1) is 27.5 Å². The van der Waals surface area contributed by atoms with E-state index in [0.29, 0.717) is 15.7 Å². The van der Waals surface area contributed by atoms with Crippen molar-refractivity contribution >= 4 is 23.2 Å². The molecule has 0 bridgehead atoms. The summed E-state index contributed by atoms with van der Waals surface area (Å²) >= 11 is 11.9. The lowest BCUT2D eigenvalue weighted by molar-refractivity contribution is 0.596. The van der Waals surface area contributed by atoms with Crippen LogP contribution < -0.4 is 5.73 Å². The molecule has 2 rings (SSSR count). The van der Waals surface area contributed by atoms with Crippen LogP contribution in [0.5, 0.6) is 0 Å². The minimum absolute atomic E-state index is 0.401. The van der Waals surface area contributed by atoms with Gasteiger partial charge in [0.1, 0.15) is 0 Å². The zero-order chi connectivity index (χ0) is 12.4. The van der Waals surface area contributed by atoms with E-state index in [1.165, 1.54) is 6.20 Å². The van der Waals surface area contributed by atoms with Gasteiger partial charge in [-0.2, -0.15) is 5.10 Å². The Labute approximate surface area is 109 Å². The number of pyridine rings is 1. The highest BCUT2D eigenvalue weighted by molar-refractivity contribution is 6.34. The van der Waals surface area contributed by atoms with Gasteiger partial charge in [0, 0.05) is 18.9 Å². The highest BCUT2D eigenvalue weighted by atomic mass is 35.5. The fourth-order valence-corrected chi connectivity index (χ4v) is 2.16. The first-order chi connectivity index (χ1) is 8.13. The van der Waals surface area contributed by atoms with Gasteiger partial charge in [0.25, 0.3) is 0 Å². The molecular weight excluding hydrogens is 259 g/mol. The van der Waals surface area contributed by atoms with Gasteiger partial charge in [-0.25, -0.2) is 0 Å². The first kappa shape index (κ1) is 12.4. The SMILES string of the molecule is CCn1nccc1C(N)c1ncc(Cl)cc1Cl. The quantitative estimate of drug-likeness (QED) is 0.933. The van der Waals surface area contributed by atoms with E-state index < -0.39 is 6.04 Å². The van der Waals surface area contributed by atoms with Gasteiger partial charge in [-0.1, -0.05) is 23.2 Å². The summed E-state index contributed by atoms with van der Waals surface area (Å²) in [6, 6.07) is 3.10. The third-order valence-electron chi connectivity index (χ3n) is 2.50. The van der Waals surface area contributed by atoms with Crippen LogP contribution in [-0.4, -0.2) is 14.8 Å². The Kier molecular flexibility index (Phi) is 3.66. The maximum Gasteiger partial charge on any atom is 0.0912 e. The molecule has 6 heteroatoms. The second-order valence-electron chi connectivity index (χ2n) is 3.57. The molecule has 17 heavy (non-hydrogen) atoms. The predicted molar refractivity (Wildman–Crippen MR) is 68.2 cm³/mol. The van der Waals surface area contributed by atoms with Crippen molar-refractivity contribution in [2.24, 2.45) is 5.73 Å². The molecule has 0 amide bonds. The summed E-state index contributed by atoms with van der Waals surface area (Å²) in [5, 5.41) is 5.13. The molecule has 0 saturated carbocycles. The van der Waals surface area contributed by atoms with Crippen molar-refractivity contribution in [2.75, 3.05) is 0 Å². The topological polar surface area (TPSA) is 56.7 Å². The van der Waals surface area contributed by atoms with Gasteiger partial charge in [0.15, 0.2) is 0 Å². The fourth-order valence-electron chi connectivity index (χ4n) is 1.67. The summed E-state index contributed by atoms with van der Waals surface area (Å²) in [4.78, 5) is 4.18. The number of aryl methyl sites for hydroxylation is 1. The molecule has 0 saturated heterocycles. The largest absolute Gasteiger partial charge is 0.318 e. The number of nitrogens with zero attached hydrogens (tertiary/aromatic N) is 3. The molecule has 1 atom stereocenters. The summed E-state index contributed by atoms with van der Waals surface area (Å²) in [5.41, 5.74) is 7.62. The molecule has 90 valence electrons. The first-order valence-corrected chi connectivity index (χ1v) is 5.97. The molecule has 2 heterocycles. The second-order valence-corrected chi connectivity index (χ2v) is 4.41. The molecule has 0 aliphatic carbocycles. The van der Waals surface area contributed by atoms with Crippen molar-refractivity contribution in [1.82, 2.24) is 14.8 Å². The molecule has 4 nitrogen and oxygen atoms in total. The van der Waals surface area contributed by atoms with E-state index in [9.17, 15) is 0 Å². The Bertz CT molecular complexity index is 524. The molecule has 2 aromatic rings. The molecule has 0 aliphatic heterocycles. The number of rotatable bonds is 3. The van der Waals surface area contributed by atoms with Crippen LogP contribution in [0.2, 0.25) is 10.0 Å². The van der Waals surface area contributed by atoms with E-state index >= 15 is 0 Å². The number of aromatic nitrogens is 3. The maximum absolute atomic E-state index is 6.14. The van der Waals surface area contributed by atoms with E-state index in [2.05, 4.69) is 10.1 Å². The molecule has 0 fully saturated rings. The summed E-state index contributed by atoms with van der Waals surface area (Å²) < 4.78 is 1.82. The van der Waals surface area contributed by atoms with Crippen LogP contribution in [0.3, 0.4) is 0 Å².